The number of hydrogen-bond acceptors (Lipinski definition) is 3. The van der Waals surface area contributed by atoms with Crippen LogP contribution in [0.5, 0.6) is 0 Å². The highest BCUT2D eigenvalue weighted by atomic mass is 35.5. The van der Waals surface area contributed by atoms with Crippen LogP contribution in [0.25, 0.3) is 0 Å². The van der Waals surface area contributed by atoms with Crippen LogP contribution in [0.1, 0.15) is 22.8 Å². The van der Waals surface area contributed by atoms with E-state index >= 15 is 0 Å². The Kier molecular flexibility index (Phi) is 4.34. The zero-order chi connectivity index (χ0) is 13.0. The Morgan fingerprint density at radius 1 is 1.59 bits per heavy atom. The van der Waals surface area contributed by atoms with E-state index in [9.17, 15) is 4.79 Å². The van der Waals surface area contributed by atoms with Crippen molar-refractivity contribution in [3.63, 3.8) is 0 Å². The Morgan fingerprint density at radius 2 is 2.24 bits per heavy atom. The van der Waals surface area contributed by atoms with E-state index in [0.29, 0.717) is 16.1 Å². The molecule has 1 rings (SSSR count). The van der Waals surface area contributed by atoms with Gasteiger partial charge in [0.1, 0.15) is 0 Å². The molecular formula is C11H14ClN3O2. The summed E-state index contributed by atoms with van der Waals surface area (Å²) in [6.07, 6.45) is 0. The number of amidine groups is 1. The quantitative estimate of drug-likeness (QED) is 0.331. The number of nitrogens with zero attached hydrogens (tertiary/aromatic N) is 1. The first-order chi connectivity index (χ1) is 7.97. The van der Waals surface area contributed by atoms with Crippen molar-refractivity contribution < 1.29 is 10.0 Å². The molecule has 4 N–H and O–H groups in total. The highest BCUT2D eigenvalue weighted by Crippen LogP contribution is 2.18. The molecular weight excluding hydrogens is 242 g/mol. The predicted octanol–water partition coefficient (Wildman–Crippen LogP) is 1.51. The number of carbonyl (C=O) groups is 1. The summed E-state index contributed by atoms with van der Waals surface area (Å²) in [7, 11) is 0. The van der Waals surface area contributed by atoms with Gasteiger partial charge in [0.05, 0.1) is 6.04 Å². The molecule has 0 fully saturated rings. The highest BCUT2D eigenvalue weighted by molar-refractivity contribution is 6.31. The topological polar surface area (TPSA) is 87.7 Å². The van der Waals surface area contributed by atoms with Crippen molar-refractivity contribution in [3.05, 3.63) is 34.3 Å². The average molecular weight is 256 g/mol. The van der Waals surface area contributed by atoms with Crippen LogP contribution in [0.15, 0.2) is 23.4 Å². The Hall–Kier alpha value is -1.75. The van der Waals surface area contributed by atoms with Crippen molar-refractivity contribution >= 4 is 23.3 Å². The zero-order valence-corrected chi connectivity index (χ0v) is 10.3. The molecule has 0 aliphatic heterocycles. The van der Waals surface area contributed by atoms with Crippen molar-refractivity contribution in [2.75, 3.05) is 0 Å². The van der Waals surface area contributed by atoms with Crippen LogP contribution in [0.3, 0.4) is 0 Å². The van der Waals surface area contributed by atoms with Crippen LogP contribution in [0, 0.1) is 6.92 Å². The monoisotopic (exact) mass is 255 g/mol. The molecule has 0 heterocycles. The summed E-state index contributed by atoms with van der Waals surface area (Å²) in [6, 6.07) is 4.51. The van der Waals surface area contributed by atoms with E-state index in [2.05, 4.69) is 10.5 Å². The number of nitrogens with one attached hydrogen (secondary N) is 1. The third kappa shape index (κ3) is 3.10. The lowest BCUT2D eigenvalue weighted by Gasteiger charge is -2.13. The van der Waals surface area contributed by atoms with Crippen LogP contribution in [-0.2, 0) is 0 Å². The van der Waals surface area contributed by atoms with Gasteiger partial charge in [-0.3, -0.25) is 4.79 Å². The van der Waals surface area contributed by atoms with Gasteiger partial charge < -0.3 is 16.3 Å². The van der Waals surface area contributed by atoms with Crippen LogP contribution in [0.2, 0.25) is 5.02 Å². The second kappa shape index (κ2) is 5.54. The Balaban J connectivity index is 2.88. The molecule has 92 valence electrons. The summed E-state index contributed by atoms with van der Waals surface area (Å²) >= 11 is 5.92. The van der Waals surface area contributed by atoms with Gasteiger partial charge in [-0.15, -0.1) is 0 Å². The smallest absolute Gasteiger partial charge is 0.252 e. The van der Waals surface area contributed by atoms with Crippen LogP contribution in [-0.4, -0.2) is 23.0 Å². The molecule has 1 atom stereocenters. The van der Waals surface area contributed by atoms with E-state index in [0.717, 1.165) is 0 Å². The van der Waals surface area contributed by atoms with Gasteiger partial charge in [-0.1, -0.05) is 22.8 Å². The lowest BCUT2D eigenvalue weighted by atomic mass is 10.1. The van der Waals surface area contributed by atoms with Crippen LogP contribution in [0.4, 0.5) is 0 Å². The minimum atomic E-state index is -0.550. The normalized spacial score (nSPS) is 13.2. The lowest BCUT2D eigenvalue weighted by molar-refractivity contribution is 0.0948. The Labute approximate surface area is 104 Å². The molecule has 17 heavy (non-hydrogen) atoms. The zero-order valence-electron chi connectivity index (χ0n) is 9.57. The van der Waals surface area contributed by atoms with Gasteiger partial charge in [0.15, 0.2) is 5.84 Å². The number of halogens is 1. The van der Waals surface area contributed by atoms with Gasteiger partial charge in [0.2, 0.25) is 0 Å². The number of oxime groups is 1. The molecule has 1 aromatic rings. The number of nitrogens with two attached hydrogens (primary N) is 1. The molecule has 0 aliphatic rings. The molecule has 1 unspecified atom stereocenters. The second-order valence-corrected chi connectivity index (χ2v) is 4.04. The summed E-state index contributed by atoms with van der Waals surface area (Å²) in [5.41, 5.74) is 6.53. The van der Waals surface area contributed by atoms with E-state index in [1.54, 1.807) is 32.0 Å². The first kappa shape index (κ1) is 13.3. The maximum absolute atomic E-state index is 11.9. The fourth-order valence-corrected chi connectivity index (χ4v) is 1.46. The SMILES string of the molecule is Cc1c(Cl)cccc1C(=O)NC(C)/C(N)=N/O. The summed E-state index contributed by atoms with van der Waals surface area (Å²) in [5.74, 6) is -0.373. The summed E-state index contributed by atoms with van der Waals surface area (Å²) in [4.78, 5) is 11.9. The molecule has 0 saturated heterocycles. The highest BCUT2D eigenvalue weighted by Gasteiger charge is 2.15. The standard InChI is InChI=1S/C11H14ClN3O2/c1-6-8(4-3-5-9(6)12)11(16)14-7(2)10(13)15-17/h3-5,7,17H,1-2H3,(H2,13,15)(H,14,16). The first-order valence-electron chi connectivity index (χ1n) is 5.00. The Bertz CT molecular complexity index is 460. The van der Waals surface area contributed by atoms with Crippen molar-refractivity contribution in [1.82, 2.24) is 5.32 Å². The third-order valence-corrected chi connectivity index (χ3v) is 2.83. The minimum absolute atomic E-state index is 0.0574. The second-order valence-electron chi connectivity index (χ2n) is 3.63. The average Bonchev–Trinajstić information content (AvgIpc) is 2.31. The molecule has 0 aliphatic carbocycles. The summed E-state index contributed by atoms with van der Waals surface area (Å²) in [6.45, 7) is 3.37. The van der Waals surface area contributed by atoms with Gasteiger partial charge in [-0.2, -0.15) is 0 Å². The van der Waals surface area contributed by atoms with E-state index in [1.165, 1.54) is 0 Å². The van der Waals surface area contributed by atoms with Gasteiger partial charge in [-0.05, 0) is 31.5 Å². The number of benzene rings is 1. The molecule has 1 aromatic carbocycles. The van der Waals surface area contributed by atoms with E-state index in [-0.39, 0.29) is 11.7 Å². The summed E-state index contributed by atoms with van der Waals surface area (Å²) < 4.78 is 0. The van der Waals surface area contributed by atoms with Crippen LogP contribution < -0.4 is 11.1 Å². The molecule has 0 spiro atoms. The minimum Gasteiger partial charge on any atom is -0.409 e. The maximum atomic E-state index is 11.9. The van der Waals surface area contributed by atoms with Crippen molar-refractivity contribution in [3.8, 4) is 0 Å². The van der Waals surface area contributed by atoms with Crippen LogP contribution >= 0.6 is 11.6 Å². The number of amides is 1. The molecule has 0 saturated carbocycles. The van der Waals surface area contributed by atoms with Gasteiger partial charge >= 0.3 is 0 Å². The molecule has 0 aromatic heterocycles. The van der Waals surface area contributed by atoms with Crippen molar-refractivity contribution in [2.24, 2.45) is 10.9 Å². The van der Waals surface area contributed by atoms with E-state index in [1.807, 2.05) is 0 Å². The molecule has 0 radical (unpaired) electrons. The third-order valence-electron chi connectivity index (χ3n) is 2.42. The van der Waals surface area contributed by atoms with Gasteiger partial charge in [0, 0.05) is 10.6 Å². The number of carbonyl (C=O) groups excluding carboxylic acids is 1. The predicted molar refractivity (Wildman–Crippen MR) is 66.5 cm³/mol. The van der Waals surface area contributed by atoms with Crippen molar-refractivity contribution in [2.45, 2.75) is 19.9 Å². The van der Waals surface area contributed by atoms with Gasteiger partial charge in [0.25, 0.3) is 5.91 Å². The van der Waals surface area contributed by atoms with E-state index in [4.69, 9.17) is 22.5 Å². The molecule has 0 bridgehead atoms. The number of hydrogen-bond donors (Lipinski definition) is 3. The van der Waals surface area contributed by atoms with Crippen molar-refractivity contribution in [1.29, 1.82) is 0 Å². The largest absolute Gasteiger partial charge is 0.409 e. The van der Waals surface area contributed by atoms with E-state index < -0.39 is 6.04 Å². The first-order valence-corrected chi connectivity index (χ1v) is 5.38. The Morgan fingerprint density at radius 3 is 2.82 bits per heavy atom. The van der Waals surface area contributed by atoms with Gasteiger partial charge in [-0.25, -0.2) is 0 Å². The lowest BCUT2D eigenvalue weighted by Crippen LogP contribution is -2.42. The number of rotatable bonds is 3. The summed E-state index contributed by atoms with van der Waals surface area (Å²) in [5, 5.41) is 14.4. The molecule has 5 nitrogen and oxygen atoms in total. The fraction of sp³-hybridized carbons (Fsp3) is 0.273. The molecule has 1 amide bonds. The fourth-order valence-electron chi connectivity index (χ4n) is 1.29. The maximum Gasteiger partial charge on any atom is 0.252 e. The molecule has 6 heteroatoms.